The largest absolute Gasteiger partial charge is 0.493 e. The molecule has 5 nitrogen and oxygen atoms in total. The maximum absolute atomic E-state index is 11.6. The molecule has 84 valence electrons. The van der Waals surface area contributed by atoms with Crippen LogP contribution in [0, 0.1) is 6.92 Å². The van der Waals surface area contributed by atoms with Crippen LogP contribution in [0.4, 0.5) is 0 Å². The fourth-order valence-electron chi connectivity index (χ4n) is 1.40. The van der Waals surface area contributed by atoms with Gasteiger partial charge in [-0.1, -0.05) is 6.92 Å². The highest BCUT2D eigenvalue weighted by molar-refractivity contribution is 7.09. The molecule has 0 unspecified atom stereocenters. The number of aromatic hydroxyl groups is 1. The van der Waals surface area contributed by atoms with E-state index in [0.717, 1.165) is 5.01 Å². The van der Waals surface area contributed by atoms with Gasteiger partial charge < -0.3 is 10.1 Å². The summed E-state index contributed by atoms with van der Waals surface area (Å²) in [7, 11) is 0. The van der Waals surface area contributed by atoms with E-state index >= 15 is 0 Å². The summed E-state index contributed by atoms with van der Waals surface area (Å²) in [5, 5.41) is 12.3. The highest BCUT2D eigenvalue weighted by atomic mass is 32.1. The third kappa shape index (κ3) is 1.83. The SMILES string of the molecule is CCc1c(O)nc(-c2csc(C)n2)[nH]c1=O. The minimum atomic E-state index is -0.310. The van der Waals surface area contributed by atoms with Gasteiger partial charge in [0.1, 0.15) is 5.69 Å². The Labute approximate surface area is 95.8 Å². The summed E-state index contributed by atoms with van der Waals surface area (Å²) >= 11 is 1.47. The molecule has 2 aromatic rings. The molecule has 0 aliphatic rings. The predicted molar refractivity (Wildman–Crippen MR) is 61.7 cm³/mol. The van der Waals surface area contributed by atoms with Crippen LogP contribution in [0.25, 0.3) is 11.5 Å². The Bertz CT molecular complexity index is 574. The van der Waals surface area contributed by atoms with Crippen LogP contribution in [0.1, 0.15) is 17.5 Å². The zero-order chi connectivity index (χ0) is 11.7. The summed E-state index contributed by atoms with van der Waals surface area (Å²) in [5.41, 5.74) is 0.573. The first-order chi connectivity index (χ1) is 7.61. The average Bonchev–Trinajstić information content (AvgIpc) is 2.64. The number of aromatic nitrogens is 3. The summed E-state index contributed by atoms with van der Waals surface area (Å²) in [5.74, 6) is 0.0935. The normalized spacial score (nSPS) is 10.6. The average molecular weight is 237 g/mol. The predicted octanol–water partition coefficient (Wildman–Crippen LogP) is 1.47. The lowest BCUT2D eigenvalue weighted by Crippen LogP contribution is -2.14. The summed E-state index contributed by atoms with van der Waals surface area (Å²) < 4.78 is 0. The zero-order valence-electron chi connectivity index (χ0n) is 8.94. The first kappa shape index (κ1) is 10.8. The maximum atomic E-state index is 11.6. The second kappa shape index (κ2) is 4.05. The Morgan fingerprint density at radius 2 is 2.25 bits per heavy atom. The molecule has 0 aromatic carbocycles. The Morgan fingerprint density at radius 3 is 2.75 bits per heavy atom. The van der Waals surface area contributed by atoms with Crippen LogP contribution in [0.3, 0.4) is 0 Å². The molecule has 6 heteroatoms. The van der Waals surface area contributed by atoms with Crippen LogP contribution in [0.15, 0.2) is 10.2 Å². The second-order valence-electron chi connectivity index (χ2n) is 3.32. The molecule has 0 atom stereocenters. The van der Waals surface area contributed by atoms with E-state index in [9.17, 15) is 9.90 Å². The lowest BCUT2D eigenvalue weighted by molar-refractivity contribution is 0.444. The lowest BCUT2D eigenvalue weighted by atomic mass is 10.2. The second-order valence-corrected chi connectivity index (χ2v) is 4.38. The Kier molecular flexibility index (Phi) is 2.74. The summed E-state index contributed by atoms with van der Waals surface area (Å²) in [6.45, 7) is 3.66. The molecule has 0 saturated carbocycles. The Hall–Kier alpha value is -1.69. The number of nitrogens with one attached hydrogen (secondary N) is 1. The van der Waals surface area contributed by atoms with Crippen LogP contribution in [-0.4, -0.2) is 20.1 Å². The van der Waals surface area contributed by atoms with Crippen molar-refractivity contribution < 1.29 is 5.11 Å². The van der Waals surface area contributed by atoms with Gasteiger partial charge in [-0.3, -0.25) is 4.79 Å². The monoisotopic (exact) mass is 237 g/mol. The molecule has 0 aliphatic carbocycles. The quantitative estimate of drug-likeness (QED) is 0.829. The van der Waals surface area contributed by atoms with Crippen molar-refractivity contribution in [2.24, 2.45) is 0 Å². The summed E-state index contributed by atoms with van der Waals surface area (Å²) in [4.78, 5) is 22.3. The van der Waals surface area contributed by atoms with Gasteiger partial charge in [-0.25, -0.2) is 4.98 Å². The molecule has 0 saturated heterocycles. The molecular weight excluding hydrogens is 226 g/mol. The van der Waals surface area contributed by atoms with E-state index < -0.39 is 0 Å². The van der Waals surface area contributed by atoms with Gasteiger partial charge >= 0.3 is 0 Å². The number of rotatable bonds is 2. The van der Waals surface area contributed by atoms with Crippen LogP contribution in [0.2, 0.25) is 0 Å². The van der Waals surface area contributed by atoms with Crippen LogP contribution in [-0.2, 0) is 6.42 Å². The molecule has 2 N–H and O–H groups in total. The molecule has 0 fully saturated rings. The maximum Gasteiger partial charge on any atom is 0.258 e. The van der Waals surface area contributed by atoms with E-state index in [1.165, 1.54) is 11.3 Å². The third-order valence-electron chi connectivity index (χ3n) is 2.21. The molecule has 0 bridgehead atoms. The molecule has 0 amide bonds. The third-order valence-corrected chi connectivity index (χ3v) is 2.98. The highest BCUT2D eigenvalue weighted by Crippen LogP contribution is 2.19. The minimum Gasteiger partial charge on any atom is -0.493 e. The number of H-pyrrole nitrogens is 1. The fraction of sp³-hybridized carbons (Fsp3) is 0.300. The van der Waals surface area contributed by atoms with Crippen LogP contribution >= 0.6 is 11.3 Å². The van der Waals surface area contributed by atoms with Crippen molar-refractivity contribution in [3.05, 3.63) is 26.3 Å². The number of aromatic amines is 1. The van der Waals surface area contributed by atoms with Gasteiger partial charge in [0.15, 0.2) is 5.82 Å². The van der Waals surface area contributed by atoms with Crippen LogP contribution in [0.5, 0.6) is 5.88 Å². The number of nitrogens with zero attached hydrogens (tertiary/aromatic N) is 2. The zero-order valence-corrected chi connectivity index (χ0v) is 9.76. The number of hydrogen-bond acceptors (Lipinski definition) is 5. The molecule has 2 heterocycles. The van der Waals surface area contributed by atoms with Crippen molar-refractivity contribution in [2.75, 3.05) is 0 Å². The van der Waals surface area contributed by atoms with Gasteiger partial charge in [0.25, 0.3) is 5.56 Å². The van der Waals surface area contributed by atoms with E-state index in [-0.39, 0.29) is 11.4 Å². The summed E-state index contributed by atoms with van der Waals surface area (Å²) in [6, 6.07) is 0. The molecule has 0 spiro atoms. The number of hydrogen-bond donors (Lipinski definition) is 2. The van der Waals surface area contributed by atoms with Gasteiger partial charge in [-0.05, 0) is 13.3 Å². The van der Waals surface area contributed by atoms with Gasteiger partial charge in [0.2, 0.25) is 5.88 Å². The lowest BCUT2D eigenvalue weighted by Gasteiger charge is -2.01. The molecule has 0 aliphatic heterocycles. The van der Waals surface area contributed by atoms with Crippen molar-refractivity contribution >= 4 is 11.3 Å². The Balaban J connectivity index is 2.56. The molecule has 0 radical (unpaired) electrons. The van der Waals surface area contributed by atoms with E-state index in [1.807, 2.05) is 6.92 Å². The van der Waals surface area contributed by atoms with Crippen molar-refractivity contribution in [1.29, 1.82) is 0 Å². The Morgan fingerprint density at radius 1 is 1.50 bits per heavy atom. The highest BCUT2D eigenvalue weighted by Gasteiger charge is 2.11. The van der Waals surface area contributed by atoms with E-state index in [1.54, 1.807) is 12.3 Å². The van der Waals surface area contributed by atoms with Gasteiger partial charge in [0, 0.05) is 5.38 Å². The van der Waals surface area contributed by atoms with Crippen LogP contribution < -0.4 is 5.56 Å². The van der Waals surface area contributed by atoms with Gasteiger partial charge in [0.05, 0.1) is 10.6 Å². The van der Waals surface area contributed by atoms with Crippen molar-refractivity contribution in [3.8, 4) is 17.4 Å². The van der Waals surface area contributed by atoms with Crippen molar-refractivity contribution in [1.82, 2.24) is 15.0 Å². The van der Waals surface area contributed by atoms with Gasteiger partial charge in [-0.2, -0.15) is 4.98 Å². The summed E-state index contributed by atoms with van der Waals surface area (Å²) in [6.07, 6.45) is 0.449. The molecule has 16 heavy (non-hydrogen) atoms. The van der Waals surface area contributed by atoms with E-state index in [4.69, 9.17) is 0 Å². The molecule has 2 rings (SSSR count). The van der Waals surface area contributed by atoms with E-state index in [2.05, 4.69) is 15.0 Å². The first-order valence-electron chi connectivity index (χ1n) is 4.86. The standard InChI is InChI=1S/C10H11N3O2S/c1-3-6-9(14)12-8(13-10(6)15)7-4-16-5(2)11-7/h4H,3H2,1-2H3,(H2,12,13,14,15). The molecule has 2 aromatic heterocycles. The fourth-order valence-corrected chi connectivity index (χ4v) is 2.00. The minimum absolute atomic E-state index is 0.216. The topological polar surface area (TPSA) is 78.9 Å². The first-order valence-corrected chi connectivity index (χ1v) is 5.74. The van der Waals surface area contributed by atoms with E-state index in [0.29, 0.717) is 23.5 Å². The smallest absolute Gasteiger partial charge is 0.258 e. The van der Waals surface area contributed by atoms with Crippen molar-refractivity contribution in [3.63, 3.8) is 0 Å². The van der Waals surface area contributed by atoms with Gasteiger partial charge in [-0.15, -0.1) is 11.3 Å². The van der Waals surface area contributed by atoms with Crippen molar-refractivity contribution in [2.45, 2.75) is 20.3 Å². The number of thiazole rings is 1. The number of aryl methyl sites for hydroxylation is 1. The molecular formula is C10H11N3O2S.